The summed E-state index contributed by atoms with van der Waals surface area (Å²) in [5.74, 6) is -2.22. The van der Waals surface area contributed by atoms with Crippen molar-refractivity contribution in [3.63, 3.8) is 0 Å². The molecule has 7 nitrogen and oxygen atoms in total. The maximum atomic E-state index is 12.8. The highest BCUT2D eigenvalue weighted by Crippen LogP contribution is 2.40. The van der Waals surface area contributed by atoms with Crippen molar-refractivity contribution in [2.45, 2.75) is 71.4 Å². The highest BCUT2D eigenvalue weighted by atomic mass is 16.6. The third-order valence-electron chi connectivity index (χ3n) is 5.17. The van der Waals surface area contributed by atoms with E-state index < -0.39 is 47.6 Å². The average molecular weight is 394 g/mol. The Hall–Kier alpha value is -1.99. The van der Waals surface area contributed by atoms with Gasteiger partial charge in [-0.3, -0.25) is 9.59 Å². The summed E-state index contributed by atoms with van der Waals surface area (Å²) >= 11 is 0. The van der Waals surface area contributed by atoms with Crippen molar-refractivity contribution < 1.29 is 33.7 Å². The average Bonchev–Trinajstić information content (AvgIpc) is 2.85. The van der Waals surface area contributed by atoms with Crippen LogP contribution < -0.4 is 0 Å². The van der Waals surface area contributed by atoms with Crippen LogP contribution in [0.5, 0.6) is 0 Å². The molecule has 1 saturated heterocycles. The van der Waals surface area contributed by atoms with E-state index in [1.165, 1.54) is 13.8 Å². The molecule has 1 aliphatic heterocycles. The number of carbonyl (C=O) groups is 3. The van der Waals surface area contributed by atoms with Crippen LogP contribution in [-0.4, -0.2) is 53.3 Å². The molecule has 0 amide bonds. The second kappa shape index (κ2) is 8.57. The molecule has 1 aliphatic carbocycles. The fraction of sp³-hybridized carbons (Fsp3) is 0.667. The molecule has 28 heavy (non-hydrogen) atoms. The van der Waals surface area contributed by atoms with Crippen LogP contribution in [0.2, 0.25) is 0 Å². The summed E-state index contributed by atoms with van der Waals surface area (Å²) in [6.07, 6.45) is -0.764. The number of aliphatic hydroxyl groups is 1. The van der Waals surface area contributed by atoms with Gasteiger partial charge < -0.3 is 19.3 Å². The number of carbonyl (C=O) groups excluding carboxylic acids is 3. The standard InChI is InChI=1S/C21H30O7/c1-11(2)10-26-18-17-13(4)20(24)28-15(17)9-12(3)7-8-16(23)21(6,25)19(18)27-14(5)22/h7,11,15,17-19,25H,4,8-10H2,1-3,5-6H3/b12-7+/t15-,17+,18+,19?,21+/m1/s1. The molecule has 7 heteroatoms. The highest BCUT2D eigenvalue weighted by Gasteiger charge is 2.54. The molecule has 2 aliphatic rings. The van der Waals surface area contributed by atoms with Crippen LogP contribution in [0.25, 0.3) is 0 Å². The first kappa shape index (κ1) is 22.3. The highest BCUT2D eigenvalue weighted by molar-refractivity contribution is 5.92. The number of hydrogen-bond acceptors (Lipinski definition) is 7. The Morgan fingerprint density at radius 3 is 2.64 bits per heavy atom. The van der Waals surface area contributed by atoms with Crippen molar-refractivity contribution >= 4 is 17.7 Å². The van der Waals surface area contributed by atoms with E-state index in [0.717, 1.165) is 5.57 Å². The summed E-state index contributed by atoms with van der Waals surface area (Å²) in [6, 6.07) is 0. The van der Waals surface area contributed by atoms with E-state index in [2.05, 4.69) is 6.58 Å². The Bertz CT molecular complexity index is 689. The van der Waals surface area contributed by atoms with E-state index >= 15 is 0 Å². The number of allylic oxidation sites excluding steroid dienone is 1. The van der Waals surface area contributed by atoms with Crippen molar-refractivity contribution in [1.82, 2.24) is 0 Å². The number of rotatable bonds is 4. The number of fused-ring (bicyclic) bond motifs is 1. The van der Waals surface area contributed by atoms with E-state index in [9.17, 15) is 19.5 Å². The predicted molar refractivity (Wildman–Crippen MR) is 101 cm³/mol. The van der Waals surface area contributed by atoms with Gasteiger partial charge in [0.15, 0.2) is 17.5 Å². The molecule has 0 spiro atoms. The molecular weight excluding hydrogens is 364 g/mol. The smallest absolute Gasteiger partial charge is 0.334 e. The summed E-state index contributed by atoms with van der Waals surface area (Å²) in [4.78, 5) is 36.8. The fourth-order valence-corrected chi connectivity index (χ4v) is 3.62. The Kier molecular flexibility index (Phi) is 6.83. The number of hydrogen-bond donors (Lipinski definition) is 1. The Balaban J connectivity index is 2.60. The topological polar surface area (TPSA) is 99.1 Å². The van der Waals surface area contributed by atoms with Gasteiger partial charge in [0.1, 0.15) is 12.2 Å². The molecule has 1 N–H and O–H groups in total. The normalized spacial score (nSPS) is 35.8. The number of ether oxygens (including phenoxy) is 3. The van der Waals surface area contributed by atoms with E-state index in [-0.39, 0.29) is 24.5 Å². The lowest BCUT2D eigenvalue weighted by atomic mass is 9.77. The second-order valence-electron chi connectivity index (χ2n) is 8.25. The van der Waals surface area contributed by atoms with Gasteiger partial charge in [0.2, 0.25) is 0 Å². The van der Waals surface area contributed by atoms with Gasteiger partial charge in [0, 0.05) is 31.9 Å². The first-order valence-corrected chi connectivity index (χ1v) is 9.55. The molecule has 0 aromatic heterocycles. The molecule has 5 atom stereocenters. The third kappa shape index (κ3) is 4.70. The predicted octanol–water partition coefficient (Wildman–Crippen LogP) is 2.12. The van der Waals surface area contributed by atoms with Gasteiger partial charge in [-0.25, -0.2) is 4.79 Å². The van der Waals surface area contributed by atoms with Crippen LogP contribution >= 0.6 is 0 Å². The largest absolute Gasteiger partial charge is 0.458 e. The molecule has 0 aromatic carbocycles. The molecule has 0 aromatic rings. The van der Waals surface area contributed by atoms with Gasteiger partial charge in [-0.05, 0) is 19.8 Å². The summed E-state index contributed by atoms with van der Waals surface area (Å²) in [5.41, 5.74) is -0.958. The Labute approximate surface area is 165 Å². The summed E-state index contributed by atoms with van der Waals surface area (Å²) < 4.78 is 16.9. The van der Waals surface area contributed by atoms with E-state index in [4.69, 9.17) is 14.2 Å². The van der Waals surface area contributed by atoms with Gasteiger partial charge in [0.25, 0.3) is 0 Å². The molecular formula is C21H30O7. The van der Waals surface area contributed by atoms with Gasteiger partial charge in [0.05, 0.1) is 5.92 Å². The van der Waals surface area contributed by atoms with E-state index in [0.29, 0.717) is 6.42 Å². The number of Topliss-reactive ketones (excluding diaryl/α,β-unsaturated/α-hetero) is 1. The summed E-state index contributed by atoms with van der Waals surface area (Å²) in [7, 11) is 0. The lowest BCUT2D eigenvalue weighted by Crippen LogP contribution is -2.58. The Morgan fingerprint density at radius 2 is 2.07 bits per heavy atom. The number of ketones is 1. The van der Waals surface area contributed by atoms with Crippen molar-refractivity contribution in [3.05, 3.63) is 23.8 Å². The zero-order valence-electron chi connectivity index (χ0n) is 17.2. The minimum atomic E-state index is -2.00. The lowest BCUT2D eigenvalue weighted by molar-refractivity contribution is -0.194. The van der Waals surface area contributed by atoms with Crippen LogP contribution in [0.15, 0.2) is 23.8 Å². The maximum Gasteiger partial charge on any atom is 0.334 e. The molecule has 156 valence electrons. The molecule has 1 fully saturated rings. The van der Waals surface area contributed by atoms with Crippen LogP contribution in [0, 0.1) is 11.8 Å². The zero-order valence-corrected chi connectivity index (χ0v) is 17.2. The lowest BCUT2D eigenvalue weighted by Gasteiger charge is -2.40. The van der Waals surface area contributed by atoms with Crippen LogP contribution in [0.4, 0.5) is 0 Å². The zero-order chi connectivity index (χ0) is 21.2. The van der Waals surface area contributed by atoms with Crippen molar-refractivity contribution in [2.24, 2.45) is 11.8 Å². The molecule has 1 heterocycles. The monoisotopic (exact) mass is 394 g/mol. The van der Waals surface area contributed by atoms with Crippen LogP contribution in [0.3, 0.4) is 0 Å². The molecule has 1 unspecified atom stereocenters. The van der Waals surface area contributed by atoms with Crippen molar-refractivity contribution in [1.29, 1.82) is 0 Å². The quantitative estimate of drug-likeness (QED) is 0.443. The van der Waals surface area contributed by atoms with Crippen LogP contribution in [0.1, 0.15) is 47.5 Å². The second-order valence-corrected chi connectivity index (χ2v) is 8.25. The van der Waals surface area contributed by atoms with Crippen molar-refractivity contribution in [3.8, 4) is 0 Å². The summed E-state index contributed by atoms with van der Waals surface area (Å²) in [6.45, 7) is 12.4. The van der Waals surface area contributed by atoms with Gasteiger partial charge in [-0.2, -0.15) is 0 Å². The van der Waals surface area contributed by atoms with E-state index in [1.807, 2.05) is 20.8 Å². The van der Waals surface area contributed by atoms with Gasteiger partial charge >= 0.3 is 11.9 Å². The van der Waals surface area contributed by atoms with Crippen LogP contribution in [-0.2, 0) is 28.6 Å². The van der Waals surface area contributed by atoms with Gasteiger partial charge in [-0.15, -0.1) is 0 Å². The minimum absolute atomic E-state index is 0.0280. The first-order chi connectivity index (χ1) is 12.9. The molecule has 0 bridgehead atoms. The first-order valence-electron chi connectivity index (χ1n) is 9.55. The van der Waals surface area contributed by atoms with Gasteiger partial charge in [-0.1, -0.05) is 32.1 Å². The minimum Gasteiger partial charge on any atom is -0.458 e. The maximum absolute atomic E-state index is 12.8. The molecule has 2 rings (SSSR count). The number of esters is 2. The third-order valence-corrected chi connectivity index (χ3v) is 5.17. The SMILES string of the molecule is C=C1C(=O)O[C@@H]2C/C(C)=C/CC(=O)[C@](C)(O)C(OC(C)=O)[C@@H](OCC(C)C)[C@@H]12. The molecule has 0 saturated carbocycles. The fourth-order valence-electron chi connectivity index (χ4n) is 3.62. The van der Waals surface area contributed by atoms with E-state index in [1.54, 1.807) is 6.08 Å². The Morgan fingerprint density at radius 1 is 1.43 bits per heavy atom. The molecule has 0 radical (unpaired) electrons. The summed E-state index contributed by atoms with van der Waals surface area (Å²) in [5, 5.41) is 11.1. The van der Waals surface area contributed by atoms with Crippen molar-refractivity contribution in [2.75, 3.05) is 6.61 Å².